The number of methoxy groups -OCH3 is 2. The second-order valence-electron chi connectivity index (χ2n) is 4.84. The molecule has 122 valence electrons. The molecule has 0 N–H and O–H groups in total. The van der Waals surface area contributed by atoms with Crippen molar-refractivity contribution in [2.75, 3.05) is 14.2 Å². The third kappa shape index (κ3) is 3.60. The molecule has 0 aliphatic rings. The van der Waals surface area contributed by atoms with E-state index in [0.29, 0.717) is 17.8 Å². The Bertz CT molecular complexity index is 788. The van der Waals surface area contributed by atoms with E-state index >= 15 is 0 Å². The molecule has 0 spiro atoms. The van der Waals surface area contributed by atoms with Gasteiger partial charge in [-0.15, -0.1) is 0 Å². The standard InChI is InChI=1S/C20H18O4/c1-23-18-12-4-7-15(9-5-13-21)19(18)17-11-3-8-16(10-6-14-22)20(17)24-2/h3-14H,1-2H3/b9-5+,10-6+. The van der Waals surface area contributed by atoms with Crippen LogP contribution in [0.3, 0.4) is 0 Å². The van der Waals surface area contributed by atoms with Crippen LogP contribution in [-0.4, -0.2) is 26.8 Å². The van der Waals surface area contributed by atoms with E-state index in [9.17, 15) is 9.59 Å². The number of para-hydroxylation sites is 1. The fourth-order valence-corrected chi connectivity index (χ4v) is 2.54. The maximum absolute atomic E-state index is 10.7. The minimum atomic E-state index is 0.626. The van der Waals surface area contributed by atoms with Crippen molar-refractivity contribution in [1.29, 1.82) is 0 Å². The van der Waals surface area contributed by atoms with Gasteiger partial charge in [0.05, 0.1) is 14.2 Å². The number of rotatable bonds is 7. The van der Waals surface area contributed by atoms with E-state index < -0.39 is 0 Å². The summed E-state index contributed by atoms with van der Waals surface area (Å²) >= 11 is 0. The van der Waals surface area contributed by atoms with Crippen LogP contribution in [0.15, 0.2) is 48.6 Å². The Kier molecular flexibility index (Phi) is 6.08. The van der Waals surface area contributed by atoms with Crippen LogP contribution < -0.4 is 9.47 Å². The molecule has 0 unspecified atom stereocenters. The molecule has 0 atom stereocenters. The zero-order valence-electron chi connectivity index (χ0n) is 13.6. The molecule has 4 nitrogen and oxygen atoms in total. The van der Waals surface area contributed by atoms with Gasteiger partial charge in [-0.1, -0.05) is 36.4 Å². The van der Waals surface area contributed by atoms with E-state index in [4.69, 9.17) is 9.47 Å². The Morgan fingerprint density at radius 1 is 0.792 bits per heavy atom. The summed E-state index contributed by atoms with van der Waals surface area (Å²) < 4.78 is 11.1. The number of benzene rings is 2. The summed E-state index contributed by atoms with van der Waals surface area (Å²) in [5, 5.41) is 0. The molecule has 0 heterocycles. The fraction of sp³-hybridized carbons (Fsp3) is 0.100. The second-order valence-corrected chi connectivity index (χ2v) is 4.84. The van der Waals surface area contributed by atoms with E-state index in [-0.39, 0.29) is 0 Å². The number of carbonyl (C=O) groups excluding carboxylic acids is 2. The number of hydrogen-bond donors (Lipinski definition) is 0. The summed E-state index contributed by atoms with van der Waals surface area (Å²) in [6, 6.07) is 11.2. The Morgan fingerprint density at radius 2 is 1.42 bits per heavy atom. The normalized spacial score (nSPS) is 10.9. The van der Waals surface area contributed by atoms with Gasteiger partial charge in [-0.25, -0.2) is 0 Å². The summed E-state index contributed by atoms with van der Waals surface area (Å²) in [5.41, 5.74) is 3.24. The fourth-order valence-electron chi connectivity index (χ4n) is 2.54. The van der Waals surface area contributed by atoms with E-state index in [2.05, 4.69) is 0 Å². The van der Waals surface area contributed by atoms with Crippen molar-refractivity contribution < 1.29 is 19.1 Å². The van der Waals surface area contributed by atoms with Crippen LogP contribution in [0.2, 0.25) is 0 Å². The van der Waals surface area contributed by atoms with Gasteiger partial charge in [0.1, 0.15) is 24.1 Å². The van der Waals surface area contributed by atoms with Crippen molar-refractivity contribution in [3.8, 4) is 22.6 Å². The van der Waals surface area contributed by atoms with Gasteiger partial charge in [-0.3, -0.25) is 9.59 Å². The second kappa shape index (κ2) is 8.48. The predicted octanol–water partition coefficient (Wildman–Crippen LogP) is 3.80. The zero-order chi connectivity index (χ0) is 17.4. The quantitative estimate of drug-likeness (QED) is 0.575. The van der Waals surface area contributed by atoms with Crippen molar-refractivity contribution in [1.82, 2.24) is 0 Å². The van der Waals surface area contributed by atoms with E-state index in [0.717, 1.165) is 28.5 Å². The molecule has 2 rings (SSSR count). The maximum atomic E-state index is 10.7. The van der Waals surface area contributed by atoms with Crippen LogP contribution in [0.1, 0.15) is 11.1 Å². The highest BCUT2D eigenvalue weighted by Crippen LogP contribution is 2.41. The summed E-state index contributed by atoms with van der Waals surface area (Å²) in [6.45, 7) is 0. The molecule has 2 aromatic rings. The SMILES string of the molecule is COc1cccc(/C=C/C=O)c1-c1cccc(/C=C/C=O)c1OC. The molecular formula is C20H18O4. The van der Waals surface area contributed by atoms with Crippen LogP contribution in [0.25, 0.3) is 23.3 Å². The summed E-state index contributed by atoms with van der Waals surface area (Å²) in [5.74, 6) is 1.29. The number of hydrogen-bond acceptors (Lipinski definition) is 4. The highest BCUT2D eigenvalue weighted by Gasteiger charge is 2.16. The Labute approximate surface area is 141 Å². The van der Waals surface area contributed by atoms with Crippen molar-refractivity contribution in [3.05, 3.63) is 59.7 Å². The number of ether oxygens (including phenoxy) is 2. The van der Waals surface area contributed by atoms with Gasteiger partial charge < -0.3 is 9.47 Å². The average molecular weight is 322 g/mol. The molecule has 2 aromatic carbocycles. The van der Waals surface area contributed by atoms with E-state index in [1.54, 1.807) is 26.4 Å². The van der Waals surface area contributed by atoms with Crippen molar-refractivity contribution in [2.24, 2.45) is 0 Å². The molecule has 24 heavy (non-hydrogen) atoms. The minimum absolute atomic E-state index is 0.626. The molecule has 0 fully saturated rings. The highest BCUT2D eigenvalue weighted by molar-refractivity contribution is 5.89. The lowest BCUT2D eigenvalue weighted by Gasteiger charge is -2.16. The third-order valence-corrected chi connectivity index (χ3v) is 3.51. The number of allylic oxidation sites excluding steroid dienone is 2. The Hall–Kier alpha value is -3.14. The van der Waals surface area contributed by atoms with Crippen LogP contribution >= 0.6 is 0 Å². The van der Waals surface area contributed by atoms with Gasteiger partial charge in [0, 0.05) is 16.7 Å². The molecular weight excluding hydrogens is 304 g/mol. The minimum Gasteiger partial charge on any atom is -0.496 e. The molecule has 0 aromatic heterocycles. The topological polar surface area (TPSA) is 52.6 Å². The number of carbonyl (C=O) groups is 2. The molecule has 0 radical (unpaired) electrons. The monoisotopic (exact) mass is 322 g/mol. The van der Waals surface area contributed by atoms with Gasteiger partial charge in [0.25, 0.3) is 0 Å². The summed E-state index contributed by atoms with van der Waals surface area (Å²) in [7, 11) is 3.17. The van der Waals surface area contributed by atoms with Gasteiger partial charge >= 0.3 is 0 Å². The summed E-state index contributed by atoms with van der Waals surface area (Å²) in [6.07, 6.45) is 7.69. The molecule has 0 amide bonds. The zero-order valence-corrected chi connectivity index (χ0v) is 13.6. The molecule has 0 aliphatic heterocycles. The van der Waals surface area contributed by atoms with Crippen LogP contribution in [-0.2, 0) is 9.59 Å². The first-order chi connectivity index (χ1) is 11.8. The van der Waals surface area contributed by atoms with Gasteiger partial charge in [0.2, 0.25) is 0 Å². The van der Waals surface area contributed by atoms with Crippen molar-refractivity contribution in [3.63, 3.8) is 0 Å². The largest absolute Gasteiger partial charge is 0.496 e. The Balaban J connectivity index is 2.75. The van der Waals surface area contributed by atoms with Crippen molar-refractivity contribution >= 4 is 24.7 Å². The first kappa shape index (κ1) is 17.2. The van der Waals surface area contributed by atoms with Crippen LogP contribution in [0.5, 0.6) is 11.5 Å². The Morgan fingerprint density at radius 3 is 2.04 bits per heavy atom. The lowest BCUT2D eigenvalue weighted by Crippen LogP contribution is -1.96. The lowest BCUT2D eigenvalue weighted by molar-refractivity contribution is -0.104. The first-order valence-electron chi connectivity index (χ1n) is 7.34. The first-order valence-corrected chi connectivity index (χ1v) is 7.34. The van der Waals surface area contributed by atoms with Crippen LogP contribution in [0, 0.1) is 0 Å². The van der Waals surface area contributed by atoms with Crippen molar-refractivity contribution in [2.45, 2.75) is 0 Å². The van der Waals surface area contributed by atoms with Gasteiger partial charge in [-0.05, 0) is 29.9 Å². The molecule has 0 aliphatic carbocycles. The molecule has 4 heteroatoms. The lowest BCUT2D eigenvalue weighted by atomic mass is 9.95. The predicted molar refractivity (Wildman–Crippen MR) is 95.2 cm³/mol. The maximum Gasteiger partial charge on any atom is 0.142 e. The molecule has 0 bridgehead atoms. The average Bonchev–Trinajstić information content (AvgIpc) is 2.63. The van der Waals surface area contributed by atoms with Gasteiger partial charge in [0.15, 0.2) is 0 Å². The molecule has 0 saturated carbocycles. The van der Waals surface area contributed by atoms with E-state index in [1.807, 2.05) is 36.4 Å². The van der Waals surface area contributed by atoms with Crippen LogP contribution in [0.4, 0.5) is 0 Å². The van der Waals surface area contributed by atoms with Gasteiger partial charge in [-0.2, -0.15) is 0 Å². The highest BCUT2D eigenvalue weighted by atomic mass is 16.5. The van der Waals surface area contributed by atoms with E-state index in [1.165, 1.54) is 12.2 Å². The number of aldehydes is 2. The molecule has 0 saturated heterocycles. The summed E-state index contributed by atoms with van der Waals surface area (Å²) in [4.78, 5) is 21.3. The third-order valence-electron chi connectivity index (χ3n) is 3.51. The smallest absolute Gasteiger partial charge is 0.142 e.